The van der Waals surface area contributed by atoms with Crippen molar-refractivity contribution in [1.29, 1.82) is 0 Å². The molecule has 0 radical (unpaired) electrons. The Balaban J connectivity index is 2.36. The van der Waals surface area contributed by atoms with Crippen LogP contribution in [0.5, 0.6) is 5.75 Å². The van der Waals surface area contributed by atoms with Gasteiger partial charge < -0.3 is 10.1 Å². The molecule has 2 rings (SSSR count). The third-order valence-corrected chi connectivity index (χ3v) is 3.63. The Morgan fingerprint density at radius 3 is 2.71 bits per heavy atom. The van der Waals surface area contributed by atoms with Crippen LogP contribution in [-0.4, -0.2) is 13.7 Å². The molecule has 0 aromatic heterocycles. The van der Waals surface area contributed by atoms with Crippen LogP contribution in [-0.2, 0) is 6.54 Å². The normalized spacial score (nSPS) is 10.7. The molecule has 0 fully saturated rings. The van der Waals surface area contributed by atoms with Crippen molar-refractivity contribution in [2.75, 3.05) is 13.7 Å². The first-order valence-corrected chi connectivity index (χ1v) is 7.36. The van der Waals surface area contributed by atoms with Crippen molar-refractivity contribution in [2.45, 2.75) is 19.9 Å². The van der Waals surface area contributed by atoms with Crippen LogP contribution in [0.25, 0.3) is 11.1 Å². The second-order valence-corrected chi connectivity index (χ2v) is 5.23. The van der Waals surface area contributed by atoms with Gasteiger partial charge in [-0.1, -0.05) is 24.6 Å². The zero-order valence-electron chi connectivity index (χ0n) is 12.2. The zero-order chi connectivity index (χ0) is 15.2. The van der Waals surface area contributed by atoms with E-state index in [0.717, 1.165) is 29.7 Å². The van der Waals surface area contributed by atoms with Crippen molar-refractivity contribution in [3.05, 3.63) is 52.8 Å². The molecular formula is C17H19ClFNO. The monoisotopic (exact) mass is 307 g/mol. The van der Waals surface area contributed by atoms with Gasteiger partial charge in [0, 0.05) is 17.1 Å². The number of methoxy groups -OCH3 is 1. The summed E-state index contributed by atoms with van der Waals surface area (Å²) in [6.45, 7) is 3.74. The Morgan fingerprint density at radius 1 is 1.19 bits per heavy atom. The summed E-state index contributed by atoms with van der Waals surface area (Å²) in [5.74, 6) is 0.359. The second-order valence-electron chi connectivity index (χ2n) is 4.83. The quantitative estimate of drug-likeness (QED) is 0.784. The van der Waals surface area contributed by atoms with Gasteiger partial charge >= 0.3 is 0 Å². The van der Waals surface area contributed by atoms with Crippen molar-refractivity contribution in [1.82, 2.24) is 5.32 Å². The van der Waals surface area contributed by atoms with E-state index < -0.39 is 0 Å². The summed E-state index contributed by atoms with van der Waals surface area (Å²) in [5, 5.41) is 4.03. The lowest BCUT2D eigenvalue weighted by Crippen LogP contribution is -2.14. The van der Waals surface area contributed by atoms with Crippen molar-refractivity contribution in [3.63, 3.8) is 0 Å². The lowest BCUT2D eigenvalue weighted by molar-refractivity contribution is 0.415. The molecule has 1 N–H and O–H groups in total. The SMILES string of the molecule is CCCNCc1cc(-c2cc(F)ccc2OC)ccc1Cl. The Bertz CT molecular complexity index is 616. The predicted molar refractivity (Wildman–Crippen MR) is 85.4 cm³/mol. The van der Waals surface area contributed by atoms with Gasteiger partial charge in [-0.05, 0) is 54.4 Å². The average Bonchev–Trinajstić information content (AvgIpc) is 2.49. The van der Waals surface area contributed by atoms with Gasteiger partial charge in [-0.2, -0.15) is 0 Å². The van der Waals surface area contributed by atoms with Crippen LogP contribution in [0, 0.1) is 5.82 Å². The van der Waals surface area contributed by atoms with Gasteiger partial charge in [0.2, 0.25) is 0 Å². The van der Waals surface area contributed by atoms with Crippen molar-refractivity contribution in [2.24, 2.45) is 0 Å². The van der Waals surface area contributed by atoms with E-state index in [2.05, 4.69) is 12.2 Å². The van der Waals surface area contributed by atoms with Crippen molar-refractivity contribution >= 4 is 11.6 Å². The summed E-state index contributed by atoms with van der Waals surface area (Å²) < 4.78 is 18.8. The van der Waals surface area contributed by atoms with Gasteiger partial charge in [0.15, 0.2) is 0 Å². The summed E-state index contributed by atoms with van der Waals surface area (Å²) >= 11 is 6.22. The summed E-state index contributed by atoms with van der Waals surface area (Å²) in [5.41, 5.74) is 2.61. The van der Waals surface area contributed by atoms with E-state index in [1.54, 1.807) is 13.2 Å². The van der Waals surface area contributed by atoms with Crippen molar-refractivity contribution < 1.29 is 9.13 Å². The van der Waals surface area contributed by atoms with E-state index in [-0.39, 0.29) is 5.82 Å². The fourth-order valence-corrected chi connectivity index (χ4v) is 2.37. The molecule has 0 atom stereocenters. The molecular weight excluding hydrogens is 289 g/mol. The fourth-order valence-electron chi connectivity index (χ4n) is 2.18. The number of benzene rings is 2. The first kappa shape index (κ1) is 15.8. The maximum Gasteiger partial charge on any atom is 0.126 e. The molecule has 0 spiro atoms. The molecule has 0 aliphatic rings. The van der Waals surface area contributed by atoms with Gasteiger partial charge in [-0.25, -0.2) is 4.39 Å². The third kappa shape index (κ3) is 3.96. The largest absolute Gasteiger partial charge is 0.496 e. The Hall–Kier alpha value is -1.58. The molecule has 0 aliphatic heterocycles. The third-order valence-electron chi connectivity index (χ3n) is 3.26. The molecule has 0 bridgehead atoms. The van der Waals surface area contributed by atoms with Crippen LogP contribution in [0.4, 0.5) is 4.39 Å². The maximum absolute atomic E-state index is 13.5. The first-order chi connectivity index (χ1) is 10.2. The van der Waals surface area contributed by atoms with Crippen LogP contribution < -0.4 is 10.1 Å². The fraction of sp³-hybridized carbons (Fsp3) is 0.294. The molecule has 0 unspecified atom stereocenters. The molecule has 21 heavy (non-hydrogen) atoms. The van der Waals surface area contributed by atoms with E-state index in [4.69, 9.17) is 16.3 Å². The van der Waals surface area contributed by atoms with E-state index in [0.29, 0.717) is 17.3 Å². The predicted octanol–water partition coefficient (Wildman–Crippen LogP) is 4.65. The summed E-state index contributed by atoms with van der Waals surface area (Å²) in [4.78, 5) is 0. The van der Waals surface area contributed by atoms with Gasteiger partial charge in [-0.15, -0.1) is 0 Å². The number of nitrogens with one attached hydrogen (secondary N) is 1. The van der Waals surface area contributed by atoms with E-state index in [1.807, 2.05) is 18.2 Å². The second kappa shape index (κ2) is 7.43. The Labute approximate surface area is 129 Å². The summed E-state index contributed by atoms with van der Waals surface area (Å²) in [6.07, 6.45) is 1.06. The summed E-state index contributed by atoms with van der Waals surface area (Å²) in [7, 11) is 1.58. The van der Waals surface area contributed by atoms with E-state index in [1.165, 1.54) is 12.1 Å². The minimum absolute atomic E-state index is 0.286. The average molecular weight is 308 g/mol. The highest BCUT2D eigenvalue weighted by molar-refractivity contribution is 6.31. The van der Waals surface area contributed by atoms with Crippen LogP contribution in [0.2, 0.25) is 5.02 Å². The smallest absolute Gasteiger partial charge is 0.126 e. The number of halogens is 2. The highest BCUT2D eigenvalue weighted by Gasteiger charge is 2.09. The minimum Gasteiger partial charge on any atom is -0.496 e. The van der Waals surface area contributed by atoms with Crippen LogP contribution in [0.3, 0.4) is 0 Å². The molecule has 0 heterocycles. The minimum atomic E-state index is -0.286. The highest BCUT2D eigenvalue weighted by Crippen LogP contribution is 2.32. The number of hydrogen-bond acceptors (Lipinski definition) is 2. The summed E-state index contributed by atoms with van der Waals surface area (Å²) in [6, 6.07) is 10.2. The number of hydrogen-bond donors (Lipinski definition) is 1. The molecule has 0 amide bonds. The molecule has 0 saturated carbocycles. The zero-order valence-corrected chi connectivity index (χ0v) is 13.0. The first-order valence-electron chi connectivity index (χ1n) is 6.98. The van der Waals surface area contributed by atoms with Gasteiger partial charge in [0.25, 0.3) is 0 Å². The van der Waals surface area contributed by atoms with E-state index in [9.17, 15) is 4.39 Å². The Morgan fingerprint density at radius 2 is 2.00 bits per heavy atom. The molecule has 0 saturated heterocycles. The topological polar surface area (TPSA) is 21.3 Å². The van der Waals surface area contributed by atoms with Gasteiger partial charge in [0.05, 0.1) is 7.11 Å². The molecule has 112 valence electrons. The highest BCUT2D eigenvalue weighted by atomic mass is 35.5. The number of ether oxygens (including phenoxy) is 1. The number of rotatable bonds is 6. The Kier molecular flexibility index (Phi) is 5.59. The van der Waals surface area contributed by atoms with Crippen LogP contribution >= 0.6 is 11.6 Å². The lowest BCUT2D eigenvalue weighted by Gasteiger charge is -2.12. The maximum atomic E-state index is 13.5. The van der Waals surface area contributed by atoms with Crippen LogP contribution in [0.15, 0.2) is 36.4 Å². The lowest BCUT2D eigenvalue weighted by atomic mass is 10.0. The molecule has 2 nitrogen and oxygen atoms in total. The molecule has 2 aromatic carbocycles. The molecule has 0 aliphatic carbocycles. The van der Waals surface area contributed by atoms with Gasteiger partial charge in [-0.3, -0.25) is 0 Å². The van der Waals surface area contributed by atoms with Gasteiger partial charge in [0.1, 0.15) is 11.6 Å². The molecule has 2 aromatic rings. The standard InChI is InChI=1S/C17H19ClFNO/c1-3-8-20-11-13-9-12(4-6-16(13)18)15-10-14(19)5-7-17(15)21-2/h4-7,9-10,20H,3,8,11H2,1-2H3. The van der Waals surface area contributed by atoms with Crippen LogP contribution in [0.1, 0.15) is 18.9 Å². The molecule has 4 heteroatoms. The van der Waals surface area contributed by atoms with Crippen molar-refractivity contribution in [3.8, 4) is 16.9 Å². The van der Waals surface area contributed by atoms with E-state index >= 15 is 0 Å².